The molecule has 0 aromatic heterocycles. The molecule has 1 aromatic carbocycles. The number of hydrogen-bond donors (Lipinski definition) is 1. The molecule has 1 aromatic rings. The molecule has 18 heavy (non-hydrogen) atoms. The zero-order valence-corrected chi connectivity index (χ0v) is 11.5. The van der Waals surface area contributed by atoms with Crippen molar-refractivity contribution < 1.29 is 5.11 Å². The first-order valence-corrected chi connectivity index (χ1v) is 7.15. The van der Waals surface area contributed by atoms with E-state index in [9.17, 15) is 5.11 Å². The third kappa shape index (κ3) is 2.29. The second kappa shape index (κ2) is 4.84. The maximum atomic E-state index is 9.66. The molecule has 2 aliphatic rings. The van der Waals surface area contributed by atoms with E-state index in [-0.39, 0.29) is 6.10 Å². The fourth-order valence-corrected chi connectivity index (χ4v) is 3.87. The standard InChI is InChI=1S/C15H20ClNO/c1-10-3-2-4-15(16)14(10)9-17-7-11-5-13(18)6-12(11)8-17/h2-4,11-13,18H,5-9H2,1H3/t11-,12+,13?. The lowest BCUT2D eigenvalue weighted by atomic mass is 10.0. The molecule has 3 atom stereocenters. The van der Waals surface area contributed by atoms with Crippen molar-refractivity contribution in [3.05, 3.63) is 34.3 Å². The smallest absolute Gasteiger partial charge is 0.0546 e. The summed E-state index contributed by atoms with van der Waals surface area (Å²) in [6.07, 6.45) is 1.93. The van der Waals surface area contributed by atoms with Crippen LogP contribution in [0.25, 0.3) is 0 Å². The lowest BCUT2D eigenvalue weighted by molar-refractivity contribution is 0.161. The van der Waals surface area contributed by atoms with Crippen LogP contribution in [0.4, 0.5) is 0 Å². The Hall–Kier alpha value is -0.570. The summed E-state index contributed by atoms with van der Waals surface area (Å²) in [6.45, 7) is 5.31. The summed E-state index contributed by atoms with van der Waals surface area (Å²) in [5, 5.41) is 10.5. The normalized spacial score (nSPS) is 31.8. The number of aliphatic hydroxyl groups is 1. The van der Waals surface area contributed by atoms with Gasteiger partial charge in [0.1, 0.15) is 0 Å². The first-order valence-electron chi connectivity index (χ1n) is 6.78. The zero-order valence-electron chi connectivity index (χ0n) is 10.8. The number of aryl methyl sites for hydroxylation is 1. The predicted octanol–water partition coefficient (Wildman–Crippen LogP) is 2.85. The molecule has 1 N–H and O–H groups in total. The monoisotopic (exact) mass is 265 g/mol. The van der Waals surface area contributed by atoms with Crippen LogP contribution in [-0.4, -0.2) is 29.2 Å². The molecule has 1 saturated heterocycles. The van der Waals surface area contributed by atoms with Gasteiger partial charge in [-0.15, -0.1) is 0 Å². The number of halogens is 1. The van der Waals surface area contributed by atoms with Crippen molar-refractivity contribution in [2.75, 3.05) is 13.1 Å². The Labute approximate surface area is 114 Å². The minimum Gasteiger partial charge on any atom is -0.393 e. The van der Waals surface area contributed by atoms with Crippen molar-refractivity contribution in [1.82, 2.24) is 4.90 Å². The van der Waals surface area contributed by atoms with E-state index in [0.717, 1.165) is 37.5 Å². The van der Waals surface area contributed by atoms with E-state index in [0.29, 0.717) is 11.8 Å². The maximum absolute atomic E-state index is 9.66. The van der Waals surface area contributed by atoms with Gasteiger partial charge >= 0.3 is 0 Å². The maximum Gasteiger partial charge on any atom is 0.0546 e. The van der Waals surface area contributed by atoms with Gasteiger partial charge in [-0.1, -0.05) is 23.7 Å². The Morgan fingerprint density at radius 3 is 2.56 bits per heavy atom. The molecule has 0 amide bonds. The molecule has 2 fully saturated rings. The van der Waals surface area contributed by atoms with Crippen molar-refractivity contribution in [1.29, 1.82) is 0 Å². The summed E-state index contributed by atoms with van der Waals surface area (Å²) in [7, 11) is 0. The van der Waals surface area contributed by atoms with Crippen LogP contribution in [0.2, 0.25) is 5.02 Å². The molecule has 0 bridgehead atoms. The molecule has 1 aliphatic carbocycles. The van der Waals surface area contributed by atoms with E-state index in [1.165, 1.54) is 11.1 Å². The number of nitrogens with zero attached hydrogens (tertiary/aromatic N) is 1. The Kier molecular flexibility index (Phi) is 3.35. The van der Waals surface area contributed by atoms with Crippen LogP contribution in [0.1, 0.15) is 24.0 Å². The second-order valence-electron chi connectivity index (χ2n) is 5.87. The van der Waals surface area contributed by atoms with Gasteiger partial charge in [-0.05, 0) is 48.8 Å². The number of fused-ring (bicyclic) bond motifs is 1. The van der Waals surface area contributed by atoms with Crippen LogP contribution in [-0.2, 0) is 6.54 Å². The van der Waals surface area contributed by atoms with Gasteiger partial charge in [0.05, 0.1) is 6.10 Å². The fraction of sp³-hybridized carbons (Fsp3) is 0.600. The minimum atomic E-state index is -0.0517. The summed E-state index contributed by atoms with van der Waals surface area (Å²) < 4.78 is 0. The molecule has 2 nitrogen and oxygen atoms in total. The highest BCUT2D eigenvalue weighted by molar-refractivity contribution is 6.31. The summed E-state index contributed by atoms with van der Waals surface area (Å²) in [5.41, 5.74) is 2.54. The molecule has 1 unspecified atom stereocenters. The third-order valence-electron chi connectivity index (χ3n) is 4.54. The molecular weight excluding hydrogens is 246 g/mol. The van der Waals surface area contributed by atoms with Crippen LogP contribution >= 0.6 is 11.6 Å². The number of hydrogen-bond acceptors (Lipinski definition) is 2. The number of rotatable bonds is 2. The number of benzene rings is 1. The Bertz CT molecular complexity index is 414. The van der Waals surface area contributed by atoms with Gasteiger partial charge < -0.3 is 5.11 Å². The molecule has 1 aliphatic heterocycles. The second-order valence-corrected chi connectivity index (χ2v) is 6.28. The van der Waals surface area contributed by atoms with E-state index in [1.807, 2.05) is 12.1 Å². The molecule has 3 heteroatoms. The Balaban J connectivity index is 1.69. The van der Waals surface area contributed by atoms with Crippen LogP contribution < -0.4 is 0 Å². The van der Waals surface area contributed by atoms with Crippen molar-refractivity contribution in [3.63, 3.8) is 0 Å². The van der Waals surface area contributed by atoms with Gasteiger partial charge in [-0.2, -0.15) is 0 Å². The third-order valence-corrected chi connectivity index (χ3v) is 4.89. The van der Waals surface area contributed by atoms with Crippen molar-refractivity contribution >= 4 is 11.6 Å². The van der Waals surface area contributed by atoms with Gasteiger partial charge in [0, 0.05) is 24.7 Å². The van der Waals surface area contributed by atoms with Gasteiger partial charge in [-0.3, -0.25) is 4.90 Å². The van der Waals surface area contributed by atoms with E-state index >= 15 is 0 Å². The topological polar surface area (TPSA) is 23.5 Å². The quantitative estimate of drug-likeness (QED) is 0.889. The highest BCUT2D eigenvalue weighted by Crippen LogP contribution is 2.39. The number of aliphatic hydroxyl groups excluding tert-OH is 1. The van der Waals surface area contributed by atoms with E-state index < -0.39 is 0 Å². The molecule has 1 saturated carbocycles. The van der Waals surface area contributed by atoms with Gasteiger partial charge in [0.25, 0.3) is 0 Å². The van der Waals surface area contributed by atoms with Crippen LogP contribution in [0.5, 0.6) is 0 Å². The SMILES string of the molecule is Cc1cccc(Cl)c1CN1C[C@H]2CC(O)C[C@H]2C1. The minimum absolute atomic E-state index is 0.0517. The fourth-order valence-electron chi connectivity index (χ4n) is 3.58. The first kappa shape index (κ1) is 12.5. The largest absolute Gasteiger partial charge is 0.393 e. The van der Waals surface area contributed by atoms with Crippen LogP contribution in [0.15, 0.2) is 18.2 Å². The highest BCUT2D eigenvalue weighted by atomic mass is 35.5. The van der Waals surface area contributed by atoms with E-state index in [4.69, 9.17) is 11.6 Å². The Morgan fingerprint density at radius 2 is 1.94 bits per heavy atom. The summed E-state index contributed by atoms with van der Waals surface area (Å²) >= 11 is 6.29. The molecular formula is C15H20ClNO. The molecule has 98 valence electrons. The molecule has 0 spiro atoms. The average Bonchev–Trinajstić information content (AvgIpc) is 2.80. The first-order chi connectivity index (χ1) is 8.63. The number of likely N-dealkylation sites (tertiary alicyclic amines) is 1. The predicted molar refractivity (Wildman–Crippen MR) is 73.7 cm³/mol. The van der Waals surface area contributed by atoms with E-state index in [1.54, 1.807) is 0 Å². The summed E-state index contributed by atoms with van der Waals surface area (Å²) in [4.78, 5) is 2.50. The molecule has 3 rings (SSSR count). The van der Waals surface area contributed by atoms with Gasteiger partial charge in [0.15, 0.2) is 0 Å². The highest BCUT2D eigenvalue weighted by Gasteiger charge is 2.40. The van der Waals surface area contributed by atoms with Gasteiger partial charge in [-0.25, -0.2) is 0 Å². The van der Waals surface area contributed by atoms with Crippen molar-refractivity contribution in [2.45, 2.75) is 32.4 Å². The zero-order chi connectivity index (χ0) is 12.7. The van der Waals surface area contributed by atoms with Crippen molar-refractivity contribution in [2.24, 2.45) is 11.8 Å². The molecule has 0 radical (unpaired) electrons. The molecule has 1 heterocycles. The summed E-state index contributed by atoms with van der Waals surface area (Å²) in [6, 6.07) is 6.11. The Morgan fingerprint density at radius 1 is 1.28 bits per heavy atom. The van der Waals surface area contributed by atoms with E-state index in [2.05, 4.69) is 17.9 Å². The van der Waals surface area contributed by atoms with Crippen molar-refractivity contribution in [3.8, 4) is 0 Å². The average molecular weight is 266 g/mol. The van der Waals surface area contributed by atoms with Gasteiger partial charge in [0.2, 0.25) is 0 Å². The summed E-state index contributed by atoms with van der Waals surface area (Å²) in [5.74, 6) is 1.39. The lowest BCUT2D eigenvalue weighted by Gasteiger charge is -2.19. The van der Waals surface area contributed by atoms with Crippen LogP contribution in [0.3, 0.4) is 0 Å². The van der Waals surface area contributed by atoms with Crippen LogP contribution in [0, 0.1) is 18.8 Å². The lowest BCUT2D eigenvalue weighted by Crippen LogP contribution is -2.23.